The van der Waals surface area contributed by atoms with E-state index in [0.29, 0.717) is 6.04 Å². The molecule has 25 heavy (non-hydrogen) atoms. The molecule has 0 aliphatic heterocycles. The van der Waals surface area contributed by atoms with E-state index in [-0.39, 0.29) is 5.54 Å². The molecule has 7 rings (SSSR count). The monoisotopic (exact) mass is 327 g/mol. The molecule has 4 fully saturated rings. The highest BCUT2D eigenvalue weighted by Crippen LogP contribution is 2.59. The maximum atomic E-state index is 4.62. The van der Waals surface area contributed by atoms with E-state index >= 15 is 0 Å². The van der Waals surface area contributed by atoms with Crippen LogP contribution in [0.15, 0.2) is 60.7 Å². The van der Waals surface area contributed by atoms with Gasteiger partial charge in [0.15, 0.2) is 0 Å². The van der Waals surface area contributed by atoms with E-state index in [0.717, 1.165) is 17.8 Å². The molecule has 4 saturated carbocycles. The van der Waals surface area contributed by atoms with Crippen LogP contribution >= 0.6 is 0 Å². The van der Waals surface area contributed by atoms with Crippen LogP contribution in [0, 0.1) is 17.8 Å². The molecule has 2 aromatic rings. The fraction of sp³-hybridized carbons (Fsp3) is 0.417. The van der Waals surface area contributed by atoms with Gasteiger partial charge in [-0.15, -0.1) is 0 Å². The third-order valence-corrected chi connectivity index (χ3v) is 7.54. The average molecular weight is 327 g/mol. The summed E-state index contributed by atoms with van der Waals surface area (Å²) in [7, 11) is 0. The quantitative estimate of drug-likeness (QED) is 0.720. The van der Waals surface area contributed by atoms with Crippen LogP contribution in [0.2, 0.25) is 0 Å². The fourth-order valence-corrected chi connectivity index (χ4v) is 6.70. The second-order valence-corrected chi connectivity index (χ2v) is 8.90. The van der Waals surface area contributed by atoms with Crippen molar-refractivity contribution >= 4 is 0 Å². The third-order valence-electron chi connectivity index (χ3n) is 7.54. The van der Waals surface area contributed by atoms with Crippen LogP contribution in [0.4, 0.5) is 0 Å². The van der Waals surface area contributed by atoms with Crippen molar-refractivity contribution in [3.8, 4) is 11.1 Å². The van der Waals surface area contributed by atoms with Gasteiger partial charge in [0.25, 0.3) is 0 Å². The lowest BCUT2D eigenvalue weighted by molar-refractivity contribution is 0.0282. The summed E-state index contributed by atoms with van der Waals surface area (Å²) < 4.78 is 0. The standard InChI is InChI=1S/C24H25N/c1-15-18-11-16-10-17(12-18)14-24(15,13-16)25-23-21-8-4-2-6-19(21)20-7-3-5-9-22(20)23/h2-9,16-18,23,25H,1,10-14H2. The molecule has 2 atom stereocenters. The van der Waals surface area contributed by atoms with E-state index in [4.69, 9.17) is 0 Å². The Hall–Kier alpha value is -1.86. The van der Waals surface area contributed by atoms with Crippen LogP contribution in [0.5, 0.6) is 0 Å². The summed E-state index contributed by atoms with van der Waals surface area (Å²) in [6.45, 7) is 4.62. The van der Waals surface area contributed by atoms with E-state index in [1.165, 1.54) is 59.9 Å². The molecule has 5 aliphatic rings. The Balaban J connectivity index is 1.45. The molecule has 1 nitrogen and oxygen atoms in total. The maximum absolute atomic E-state index is 4.62. The SMILES string of the molecule is C=C1C2CC3CC(C2)CC1(NC1c2ccccc2-c2ccccc21)C3. The van der Waals surface area contributed by atoms with Crippen LogP contribution in [-0.2, 0) is 0 Å². The first kappa shape index (κ1) is 14.3. The van der Waals surface area contributed by atoms with Crippen LogP contribution in [0.25, 0.3) is 11.1 Å². The van der Waals surface area contributed by atoms with Gasteiger partial charge in [0.05, 0.1) is 6.04 Å². The van der Waals surface area contributed by atoms with Crippen LogP contribution in [0.1, 0.15) is 49.3 Å². The minimum absolute atomic E-state index is 0.171. The molecule has 2 unspecified atom stereocenters. The molecule has 0 saturated heterocycles. The van der Waals surface area contributed by atoms with Crippen molar-refractivity contribution in [1.29, 1.82) is 0 Å². The first-order chi connectivity index (χ1) is 12.2. The summed E-state index contributed by atoms with van der Waals surface area (Å²) >= 11 is 0. The Bertz CT molecular complexity index is 820. The number of fused-ring (bicyclic) bond motifs is 3. The van der Waals surface area contributed by atoms with E-state index in [1.54, 1.807) is 0 Å². The number of hydrogen-bond donors (Lipinski definition) is 1. The summed E-state index contributed by atoms with van der Waals surface area (Å²) in [4.78, 5) is 0. The predicted octanol–water partition coefficient (Wildman–Crippen LogP) is 5.48. The lowest BCUT2D eigenvalue weighted by atomic mass is 9.51. The van der Waals surface area contributed by atoms with Crippen molar-refractivity contribution in [2.75, 3.05) is 0 Å². The highest BCUT2D eigenvalue weighted by Gasteiger charge is 2.54. The minimum atomic E-state index is 0.171. The molecule has 0 aromatic heterocycles. The smallest absolute Gasteiger partial charge is 0.0595 e. The van der Waals surface area contributed by atoms with Gasteiger partial charge in [-0.05, 0) is 72.1 Å². The van der Waals surface area contributed by atoms with Gasteiger partial charge in [0, 0.05) is 5.54 Å². The van der Waals surface area contributed by atoms with Crippen LogP contribution < -0.4 is 5.32 Å². The summed E-state index contributed by atoms with van der Waals surface area (Å²) in [5.41, 5.74) is 7.40. The zero-order valence-corrected chi connectivity index (χ0v) is 14.7. The van der Waals surface area contributed by atoms with Gasteiger partial charge < -0.3 is 0 Å². The summed E-state index contributed by atoms with van der Waals surface area (Å²) in [5, 5.41) is 4.19. The van der Waals surface area contributed by atoms with E-state index < -0.39 is 0 Å². The molecule has 1 heteroatoms. The highest BCUT2D eigenvalue weighted by atomic mass is 15.0. The Labute approximate surface area is 150 Å². The Kier molecular flexibility index (Phi) is 2.78. The summed E-state index contributed by atoms with van der Waals surface area (Å²) in [6.07, 6.45) is 6.87. The number of rotatable bonds is 2. The molecule has 1 N–H and O–H groups in total. The maximum Gasteiger partial charge on any atom is 0.0595 e. The Morgan fingerprint density at radius 3 is 1.96 bits per heavy atom. The molecule has 0 amide bonds. The second-order valence-electron chi connectivity index (χ2n) is 8.90. The van der Waals surface area contributed by atoms with Crippen molar-refractivity contribution in [2.45, 2.75) is 43.7 Å². The second kappa shape index (κ2) is 4.86. The van der Waals surface area contributed by atoms with Gasteiger partial charge in [0.2, 0.25) is 0 Å². The van der Waals surface area contributed by atoms with Gasteiger partial charge in [-0.2, -0.15) is 0 Å². The molecule has 0 radical (unpaired) electrons. The van der Waals surface area contributed by atoms with E-state index in [1.807, 2.05) is 0 Å². The van der Waals surface area contributed by atoms with Crippen molar-refractivity contribution in [3.05, 3.63) is 71.8 Å². The van der Waals surface area contributed by atoms with Crippen molar-refractivity contribution < 1.29 is 0 Å². The first-order valence-electron chi connectivity index (χ1n) is 9.89. The van der Waals surface area contributed by atoms with Gasteiger partial charge in [-0.25, -0.2) is 0 Å². The van der Waals surface area contributed by atoms with Gasteiger partial charge in [-0.3, -0.25) is 5.32 Å². The lowest BCUT2D eigenvalue weighted by Gasteiger charge is -2.59. The highest BCUT2D eigenvalue weighted by molar-refractivity contribution is 5.78. The Morgan fingerprint density at radius 2 is 1.36 bits per heavy atom. The Morgan fingerprint density at radius 1 is 0.800 bits per heavy atom. The molecular formula is C24H25N. The van der Waals surface area contributed by atoms with Gasteiger partial charge in [0.1, 0.15) is 0 Å². The van der Waals surface area contributed by atoms with Crippen molar-refractivity contribution in [3.63, 3.8) is 0 Å². The fourth-order valence-electron chi connectivity index (χ4n) is 6.70. The molecule has 4 bridgehead atoms. The number of hydrogen-bond acceptors (Lipinski definition) is 1. The largest absolute Gasteiger partial charge is 0.297 e. The van der Waals surface area contributed by atoms with Crippen molar-refractivity contribution in [1.82, 2.24) is 5.32 Å². The lowest BCUT2D eigenvalue weighted by Crippen LogP contribution is -2.60. The zero-order valence-electron chi connectivity index (χ0n) is 14.7. The normalized spacial score (nSPS) is 35.0. The molecule has 126 valence electrons. The minimum Gasteiger partial charge on any atom is -0.297 e. The molecule has 5 aliphatic carbocycles. The van der Waals surface area contributed by atoms with E-state index in [2.05, 4.69) is 60.4 Å². The topological polar surface area (TPSA) is 12.0 Å². The van der Waals surface area contributed by atoms with Crippen LogP contribution in [-0.4, -0.2) is 5.54 Å². The molecule has 0 heterocycles. The molecular weight excluding hydrogens is 302 g/mol. The van der Waals surface area contributed by atoms with Crippen molar-refractivity contribution in [2.24, 2.45) is 17.8 Å². The predicted molar refractivity (Wildman–Crippen MR) is 102 cm³/mol. The molecule has 0 spiro atoms. The average Bonchev–Trinajstić information content (AvgIpc) is 2.93. The number of benzene rings is 2. The van der Waals surface area contributed by atoms with Gasteiger partial charge in [-0.1, -0.05) is 60.7 Å². The first-order valence-corrected chi connectivity index (χ1v) is 9.89. The summed E-state index contributed by atoms with van der Waals surface area (Å²) in [5.74, 6) is 2.61. The zero-order chi connectivity index (χ0) is 16.6. The van der Waals surface area contributed by atoms with Crippen LogP contribution in [0.3, 0.4) is 0 Å². The molecule has 2 aromatic carbocycles. The summed E-state index contributed by atoms with van der Waals surface area (Å²) in [6, 6.07) is 18.2. The van der Waals surface area contributed by atoms with E-state index in [9.17, 15) is 0 Å². The third kappa shape index (κ3) is 1.88. The van der Waals surface area contributed by atoms with Gasteiger partial charge >= 0.3 is 0 Å². The number of nitrogens with one attached hydrogen (secondary N) is 1.